The molecular weight excluding hydrogens is 427 g/mol. The minimum Gasteiger partial charge on any atom is -0.318 e. The SMILES string of the molecule is O=C(Nc1nnc(C(F)(F)F)s1)c1ccc2c(c1)SC1=NS(=O)(=O)CCN12. The van der Waals surface area contributed by atoms with Crippen molar-refractivity contribution in [3.63, 3.8) is 0 Å². The summed E-state index contributed by atoms with van der Waals surface area (Å²) in [4.78, 5) is 14.7. The standard InChI is InChI=1S/C13H8F3N5O3S3/c14-13(15,16)10-18-19-11(26-10)17-9(22)6-1-2-7-8(5-6)25-12-20-27(23,24)4-3-21(7)12/h1-2,5H,3-4H2,(H,17,19,22). The molecule has 1 amide bonds. The molecule has 27 heavy (non-hydrogen) atoms. The number of amidine groups is 1. The zero-order valence-electron chi connectivity index (χ0n) is 13.0. The number of fused-ring (bicyclic) bond motifs is 3. The van der Waals surface area contributed by atoms with Gasteiger partial charge >= 0.3 is 6.18 Å². The van der Waals surface area contributed by atoms with E-state index in [9.17, 15) is 26.4 Å². The molecule has 3 heterocycles. The van der Waals surface area contributed by atoms with Crippen LogP contribution in [-0.4, -0.2) is 42.0 Å². The van der Waals surface area contributed by atoms with Gasteiger partial charge in [-0.3, -0.25) is 10.1 Å². The van der Waals surface area contributed by atoms with Crippen molar-refractivity contribution in [2.75, 3.05) is 22.5 Å². The highest BCUT2D eigenvalue weighted by atomic mass is 32.2. The second kappa shape index (κ2) is 6.17. The van der Waals surface area contributed by atoms with Crippen LogP contribution in [0.3, 0.4) is 0 Å². The van der Waals surface area contributed by atoms with E-state index in [0.717, 1.165) is 17.4 Å². The van der Waals surface area contributed by atoms with Crippen molar-refractivity contribution in [2.24, 2.45) is 4.40 Å². The molecule has 0 aliphatic carbocycles. The predicted molar refractivity (Wildman–Crippen MR) is 93.7 cm³/mol. The summed E-state index contributed by atoms with van der Waals surface area (Å²) in [5.41, 5.74) is 0.911. The molecule has 0 saturated carbocycles. The lowest BCUT2D eigenvalue weighted by Gasteiger charge is -2.22. The first-order chi connectivity index (χ1) is 12.6. The fourth-order valence-electron chi connectivity index (χ4n) is 2.43. The summed E-state index contributed by atoms with van der Waals surface area (Å²) in [6, 6.07) is 4.65. The number of hydrogen-bond donors (Lipinski definition) is 1. The van der Waals surface area contributed by atoms with Crippen molar-refractivity contribution in [1.29, 1.82) is 0 Å². The molecule has 142 valence electrons. The topological polar surface area (TPSA) is 105 Å². The summed E-state index contributed by atoms with van der Waals surface area (Å²) in [5.74, 6) is -0.750. The highest BCUT2D eigenvalue weighted by Crippen LogP contribution is 2.42. The number of anilines is 2. The summed E-state index contributed by atoms with van der Waals surface area (Å²) in [5, 5.41) is 7.48. The van der Waals surface area contributed by atoms with Gasteiger partial charge < -0.3 is 4.90 Å². The van der Waals surface area contributed by atoms with Gasteiger partial charge in [0.1, 0.15) is 0 Å². The molecule has 0 spiro atoms. The molecule has 0 radical (unpaired) electrons. The first-order valence-electron chi connectivity index (χ1n) is 7.26. The van der Waals surface area contributed by atoms with Crippen molar-refractivity contribution in [3.8, 4) is 0 Å². The van der Waals surface area contributed by atoms with Gasteiger partial charge in [0, 0.05) is 17.0 Å². The van der Waals surface area contributed by atoms with Crippen LogP contribution < -0.4 is 10.2 Å². The third-order valence-electron chi connectivity index (χ3n) is 3.62. The van der Waals surface area contributed by atoms with Gasteiger partial charge in [0.25, 0.3) is 15.9 Å². The number of alkyl halides is 3. The lowest BCUT2D eigenvalue weighted by molar-refractivity contribution is -0.138. The smallest absolute Gasteiger partial charge is 0.318 e. The summed E-state index contributed by atoms with van der Waals surface area (Å²) in [6.07, 6.45) is -4.63. The van der Waals surface area contributed by atoms with Crippen LogP contribution in [0, 0.1) is 0 Å². The van der Waals surface area contributed by atoms with Crippen LogP contribution >= 0.6 is 23.1 Å². The number of carbonyl (C=O) groups excluding carboxylic acids is 1. The first-order valence-corrected chi connectivity index (χ1v) is 10.5. The van der Waals surface area contributed by atoms with E-state index in [4.69, 9.17) is 0 Å². The average molecular weight is 435 g/mol. The molecule has 2 aromatic rings. The third kappa shape index (κ3) is 3.51. The lowest BCUT2D eigenvalue weighted by Crippen LogP contribution is -2.35. The Morgan fingerprint density at radius 3 is 2.74 bits per heavy atom. The zero-order valence-corrected chi connectivity index (χ0v) is 15.5. The molecular formula is C13H8F3N5O3S3. The Kier molecular flexibility index (Phi) is 4.16. The maximum atomic E-state index is 12.5. The van der Waals surface area contributed by atoms with Crippen LogP contribution in [0.15, 0.2) is 27.5 Å². The molecule has 2 aliphatic heterocycles. The van der Waals surface area contributed by atoms with E-state index in [2.05, 4.69) is 19.9 Å². The number of sulfonamides is 1. The van der Waals surface area contributed by atoms with Crippen LogP contribution in [0.1, 0.15) is 15.4 Å². The maximum Gasteiger partial charge on any atom is 0.445 e. The molecule has 2 aliphatic rings. The molecule has 0 atom stereocenters. The minimum atomic E-state index is -4.63. The summed E-state index contributed by atoms with van der Waals surface area (Å²) >= 11 is 1.34. The number of aromatic nitrogens is 2. The molecule has 14 heteroatoms. The van der Waals surface area contributed by atoms with Crippen LogP contribution in [0.4, 0.5) is 24.0 Å². The fourth-order valence-corrected chi connectivity index (χ4v) is 5.33. The maximum absolute atomic E-state index is 12.5. The largest absolute Gasteiger partial charge is 0.445 e. The van der Waals surface area contributed by atoms with Gasteiger partial charge in [0.2, 0.25) is 10.1 Å². The number of rotatable bonds is 2. The van der Waals surface area contributed by atoms with Crippen LogP contribution in [0.5, 0.6) is 0 Å². The molecule has 1 aromatic carbocycles. The average Bonchev–Trinajstić information content (AvgIpc) is 3.16. The number of carbonyl (C=O) groups is 1. The van der Waals surface area contributed by atoms with Crippen LogP contribution in [0.2, 0.25) is 0 Å². The fraction of sp³-hybridized carbons (Fsp3) is 0.231. The van der Waals surface area contributed by atoms with E-state index in [1.165, 1.54) is 12.1 Å². The molecule has 0 unspecified atom stereocenters. The summed E-state index contributed by atoms with van der Waals surface area (Å²) < 4.78 is 64.6. The van der Waals surface area contributed by atoms with E-state index in [0.29, 0.717) is 10.1 Å². The number of halogens is 3. The quantitative estimate of drug-likeness (QED) is 0.772. The Morgan fingerprint density at radius 1 is 1.26 bits per heavy atom. The van der Waals surface area contributed by atoms with Gasteiger partial charge in [-0.25, -0.2) is 8.42 Å². The molecule has 0 fully saturated rings. The van der Waals surface area contributed by atoms with Gasteiger partial charge in [-0.2, -0.15) is 13.2 Å². The van der Waals surface area contributed by atoms with Gasteiger partial charge in [0.15, 0.2) is 5.17 Å². The second-order valence-corrected chi connectivity index (χ2v) is 9.20. The third-order valence-corrected chi connectivity index (χ3v) is 6.81. The Morgan fingerprint density at radius 2 is 2.04 bits per heavy atom. The monoisotopic (exact) mass is 435 g/mol. The Bertz CT molecular complexity index is 1080. The Labute approximate surface area is 158 Å². The highest BCUT2D eigenvalue weighted by Gasteiger charge is 2.36. The van der Waals surface area contributed by atoms with Gasteiger partial charge in [-0.15, -0.1) is 14.6 Å². The summed E-state index contributed by atoms with van der Waals surface area (Å²) in [7, 11) is -3.49. The second-order valence-electron chi connectivity index (χ2n) is 5.46. The number of thioether (sulfide) groups is 1. The van der Waals surface area contributed by atoms with E-state index >= 15 is 0 Å². The molecule has 0 saturated heterocycles. The molecule has 1 N–H and O–H groups in total. The normalized spacial score (nSPS) is 17.9. The van der Waals surface area contributed by atoms with Crippen molar-refractivity contribution in [3.05, 3.63) is 28.8 Å². The first kappa shape index (κ1) is 18.2. The Hall–Kier alpha value is -2.19. The number of benzene rings is 1. The summed E-state index contributed by atoms with van der Waals surface area (Å²) in [6.45, 7) is 0.262. The van der Waals surface area contributed by atoms with E-state index in [-0.39, 0.29) is 34.3 Å². The predicted octanol–water partition coefficient (Wildman–Crippen LogP) is 2.42. The lowest BCUT2D eigenvalue weighted by atomic mass is 10.2. The van der Waals surface area contributed by atoms with Crippen molar-refractivity contribution in [2.45, 2.75) is 11.1 Å². The number of nitrogens with one attached hydrogen (secondary N) is 1. The van der Waals surface area contributed by atoms with Gasteiger partial charge in [0.05, 0.1) is 11.4 Å². The molecule has 4 rings (SSSR count). The Balaban J connectivity index is 1.55. The van der Waals surface area contributed by atoms with Gasteiger partial charge in [-0.1, -0.05) is 11.3 Å². The molecule has 1 aromatic heterocycles. The number of nitrogens with zero attached hydrogens (tertiary/aromatic N) is 4. The molecule has 8 nitrogen and oxygen atoms in total. The van der Waals surface area contributed by atoms with E-state index in [1.807, 2.05) is 0 Å². The molecule has 0 bridgehead atoms. The van der Waals surface area contributed by atoms with E-state index in [1.54, 1.807) is 11.0 Å². The van der Waals surface area contributed by atoms with Crippen LogP contribution in [-0.2, 0) is 16.2 Å². The number of hydrogen-bond acceptors (Lipinski definition) is 8. The van der Waals surface area contributed by atoms with Crippen molar-refractivity contribution >= 4 is 55.0 Å². The van der Waals surface area contributed by atoms with Gasteiger partial charge in [-0.05, 0) is 30.0 Å². The van der Waals surface area contributed by atoms with Crippen molar-refractivity contribution < 1.29 is 26.4 Å². The van der Waals surface area contributed by atoms with Crippen molar-refractivity contribution in [1.82, 2.24) is 10.2 Å². The minimum absolute atomic E-state index is 0.0999. The highest BCUT2D eigenvalue weighted by molar-refractivity contribution is 8.15. The van der Waals surface area contributed by atoms with Crippen LogP contribution in [0.25, 0.3) is 0 Å². The van der Waals surface area contributed by atoms with E-state index < -0.39 is 27.1 Å². The number of amides is 1. The zero-order chi connectivity index (χ0) is 19.4.